The van der Waals surface area contributed by atoms with E-state index in [1.54, 1.807) is 31.4 Å². The van der Waals surface area contributed by atoms with Crippen molar-refractivity contribution < 1.29 is 19.1 Å². The molecule has 4 saturated carbocycles. The number of hydrogen-bond acceptors (Lipinski definition) is 4. The molecule has 5 rings (SSSR count). The molecule has 0 radical (unpaired) electrons. The maximum Gasteiger partial charge on any atom is 0.184 e. The van der Waals surface area contributed by atoms with Gasteiger partial charge in [-0.1, -0.05) is 63.6 Å². The molecule has 154 valence electrons. The fourth-order valence-electron chi connectivity index (χ4n) is 7.09. The molecule has 0 heterocycles. The minimum atomic E-state index is -1.62. The Kier molecular flexibility index (Phi) is 4.51. The molecule has 0 spiro atoms. The molecule has 0 aliphatic heterocycles. The van der Waals surface area contributed by atoms with Crippen molar-refractivity contribution in [2.45, 2.75) is 64.9 Å². The molecule has 1 aromatic rings. The van der Waals surface area contributed by atoms with Crippen molar-refractivity contribution in [1.82, 2.24) is 0 Å². The first-order chi connectivity index (χ1) is 13.8. The van der Waals surface area contributed by atoms with Gasteiger partial charge in [0, 0.05) is 23.7 Å². The highest BCUT2D eigenvalue weighted by atomic mass is 16.5. The van der Waals surface area contributed by atoms with E-state index in [2.05, 4.69) is 13.8 Å². The molecule has 0 amide bonds. The van der Waals surface area contributed by atoms with Crippen LogP contribution in [0, 0.1) is 16.2 Å². The van der Waals surface area contributed by atoms with Crippen molar-refractivity contribution in [3.8, 4) is 0 Å². The summed E-state index contributed by atoms with van der Waals surface area (Å²) in [5.41, 5.74) is -2.80. The first kappa shape index (κ1) is 20.2. The largest absolute Gasteiger partial charge is 0.372 e. The molecule has 0 N–H and O–H groups in total. The Labute approximate surface area is 172 Å². The van der Waals surface area contributed by atoms with Gasteiger partial charge in [0.15, 0.2) is 22.8 Å². The number of methoxy groups -OCH3 is 1. The van der Waals surface area contributed by atoms with Crippen LogP contribution in [0.3, 0.4) is 0 Å². The summed E-state index contributed by atoms with van der Waals surface area (Å²) >= 11 is 0. The van der Waals surface area contributed by atoms with E-state index in [1.807, 2.05) is 19.1 Å². The molecule has 3 unspecified atom stereocenters. The third-order valence-electron chi connectivity index (χ3n) is 7.93. The highest BCUT2D eigenvalue weighted by Gasteiger charge is 2.85. The van der Waals surface area contributed by atoms with Crippen LogP contribution < -0.4 is 0 Å². The van der Waals surface area contributed by atoms with Crippen LogP contribution in [0.25, 0.3) is 0 Å². The number of ketones is 3. The molecule has 1 aromatic carbocycles. The molecular weight excluding hydrogens is 364 g/mol. The van der Waals surface area contributed by atoms with Crippen molar-refractivity contribution in [2.75, 3.05) is 7.11 Å². The van der Waals surface area contributed by atoms with E-state index in [0.29, 0.717) is 30.4 Å². The second-order valence-electron chi connectivity index (χ2n) is 9.24. The van der Waals surface area contributed by atoms with Gasteiger partial charge in [0.2, 0.25) is 0 Å². The van der Waals surface area contributed by atoms with Gasteiger partial charge < -0.3 is 4.74 Å². The van der Waals surface area contributed by atoms with Crippen molar-refractivity contribution in [3.05, 3.63) is 47.5 Å². The van der Waals surface area contributed by atoms with Crippen LogP contribution in [0.15, 0.2) is 42.0 Å². The summed E-state index contributed by atoms with van der Waals surface area (Å²) in [7, 11) is 1.63. The molecule has 4 fully saturated rings. The highest BCUT2D eigenvalue weighted by Crippen LogP contribution is 2.76. The van der Waals surface area contributed by atoms with Gasteiger partial charge in [0.05, 0.1) is 5.41 Å². The summed E-state index contributed by atoms with van der Waals surface area (Å²) in [6.45, 7) is 6.15. The fraction of sp³-hybridized carbons (Fsp3) is 0.560. The minimum Gasteiger partial charge on any atom is -0.372 e. The lowest BCUT2D eigenvalue weighted by atomic mass is 9.38. The number of carbonyl (C=O) groups excluding carboxylic acids is 3. The number of fused-ring (bicyclic) bond motifs is 1. The topological polar surface area (TPSA) is 60.4 Å². The lowest BCUT2D eigenvalue weighted by molar-refractivity contribution is -0.201. The molecule has 0 aromatic heterocycles. The van der Waals surface area contributed by atoms with E-state index >= 15 is 0 Å². The summed E-state index contributed by atoms with van der Waals surface area (Å²) in [5.74, 6) is -0.866. The number of ether oxygens (including phenoxy) is 1. The zero-order valence-corrected chi connectivity index (χ0v) is 17.8. The molecule has 4 bridgehead atoms. The predicted octanol–water partition coefficient (Wildman–Crippen LogP) is 4.72. The van der Waals surface area contributed by atoms with E-state index in [1.165, 1.54) is 0 Å². The third kappa shape index (κ3) is 2.06. The van der Waals surface area contributed by atoms with E-state index in [0.717, 1.165) is 12.8 Å². The maximum atomic E-state index is 14.2. The van der Waals surface area contributed by atoms with Crippen molar-refractivity contribution in [3.63, 3.8) is 0 Å². The van der Waals surface area contributed by atoms with E-state index in [4.69, 9.17) is 4.74 Å². The smallest absolute Gasteiger partial charge is 0.184 e. The third-order valence-corrected chi connectivity index (χ3v) is 7.93. The second-order valence-corrected chi connectivity index (χ2v) is 9.24. The SMILES string of the molecule is CC/C=C1\C(=O)C2(C(=O)c3ccccc3)CC3(C)CC[C@](CCC)(C2=O)C13OC. The van der Waals surface area contributed by atoms with Crippen LogP contribution in [0.4, 0.5) is 0 Å². The molecular formula is C25H30O4. The molecule has 4 aliphatic carbocycles. The summed E-state index contributed by atoms with van der Waals surface area (Å²) in [6, 6.07) is 8.83. The van der Waals surface area contributed by atoms with E-state index in [9.17, 15) is 14.4 Å². The molecule has 4 nitrogen and oxygen atoms in total. The number of hydrogen-bond donors (Lipinski definition) is 0. The number of carbonyl (C=O) groups is 3. The van der Waals surface area contributed by atoms with Gasteiger partial charge in [-0.15, -0.1) is 0 Å². The van der Waals surface area contributed by atoms with Crippen LogP contribution in [-0.4, -0.2) is 30.1 Å². The zero-order valence-electron chi connectivity index (χ0n) is 17.8. The number of allylic oxidation sites excluding steroid dienone is 1. The first-order valence-corrected chi connectivity index (χ1v) is 10.8. The highest BCUT2D eigenvalue weighted by molar-refractivity contribution is 6.37. The predicted molar refractivity (Wildman–Crippen MR) is 111 cm³/mol. The van der Waals surface area contributed by atoms with Crippen LogP contribution in [-0.2, 0) is 14.3 Å². The van der Waals surface area contributed by atoms with Crippen LogP contribution >= 0.6 is 0 Å². The first-order valence-electron chi connectivity index (χ1n) is 10.8. The van der Waals surface area contributed by atoms with Gasteiger partial charge in [0.25, 0.3) is 0 Å². The van der Waals surface area contributed by atoms with Gasteiger partial charge in [-0.3, -0.25) is 14.4 Å². The van der Waals surface area contributed by atoms with Crippen LogP contribution in [0.5, 0.6) is 0 Å². The maximum absolute atomic E-state index is 14.2. The van der Waals surface area contributed by atoms with Gasteiger partial charge in [-0.05, 0) is 32.1 Å². The Morgan fingerprint density at radius 3 is 2.41 bits per heavy atom. The summed E-state index contributed by atoms with van der Waals surface area (Å²) in [6.07, 6.45) is 5.70. The molecule has 4 atom stereocenters. The molecule has 4 aliphatic rings. The number of Topliss-reactive ketones (excluding diaryl/α,β-unsaturated/α-hetero) is 3. The van der Waals surface area contributed by atoms with Gasteiger partial charge in [-0.2, -0.15) is 0 Å². The average molecular weight is 395 g/mol. The normalized spacial score (nSPS) is 39.4. The number of rotatable bonds is 6. The van der Waals surface area contributed by atoms with Gasteiger partial charge in [0.1, 0.15) is 5.60 Å². The average Bonchev–Trinajstić information content (AvgIpc) is 2.93. The van der Waals surface area contributed by atoms with Crippen molar-refractivity contribution in [2.24, 2.45) is 16.2 Å². The molecule has 4 heteroatoms. The van der Waals surface area contributed by atoms with Crippen molar-refractivity contribution >= 4 is 17.3 Å². The lowest BCUT2D eigenvalue weighted by Crippen LogP contribution is -2.76. The minimum absolute atomic E-state index is 0.198. The lowest BCUT2D eigenvalue weighted by Gasteiger charge is -2.64. The molecule has 0 saturated heterocycles. The van der Waals surface area contributed by atoms with E-state index < -0.39 is 21.8 Å². The Hall–Kier alpha value is -2.07. The number of benzene rings is 1. The monoisotopic (exact) mass is 394 g/mol. The quantitative estimate of drug-likeness (QED) is 0.398. The van der Waals surface area contributed by atoms with E-state index in [-0.39, 0.29) is 23.8 Å². The fourth-order valence-corrected chi connectivity index (χ4v) is 7.09. The van der Waals surface area contributed by atoms with Crippen LogP contribution in [0.2, 0.25) is 0 Å². The van der Waals surface area contributed by atoms with Gasteiger partial charge >= 0.3 is 0 Å². The van der Waals surface area contributed by atoms with Crippen molar-refractivity contribution in [1.29, 1.82) is 0 Å². The Morgan fingerprint density at radius 1 is 1.14 bits per heavy atom. The molecule has 29 heavy (non-hydrogen) atoms. The van der Waals surface area contributed by atoms with Gasteiger partial charge in [-0.25, -0.2) is 0 Å². The zero-order chi connectivity index (χ0) is 21.1. The second kappa shape index (κ2) is 6.46. The van der Waals surface area contributed by atoms with Crippen LogP contribution in [0.1, 0.15) is 69.7 Å². The Balaban J connectivity index is 2.05. The standard InChI is InChI=1S/C25H30O4/c1-5-10-18-20(27)24(19(26)17-11-8-7-9-12-17)16-22(3)14-15-23(13-6-2,21(24)28)25(18,22)29-4/h7-12H,5-6,13-16H2,1-4H3/b18-10+/t22?,23-,24?,25?/m1/s1. The Bertz CT molecular complexity index is 916. The Morgan fingerprint density at radius 2 is 1.83 bits per heavy atom. The summed E-state index contributed by atoms with van der Waals surface area (Å²) in [5, 5.41) is 0. The summed E-state index contributed by atoms with van der Waals surface area (Å²) in [4.78, 5) is 42.0. The summed E-state index contributed by atoms with van der Waals surface area (Å²) < 4.78 is 6.23.